The standard InChI is InChI=1S/C20H22ClN3O5S/c1-13-3-2-4-16(9-13)29-18-6-5-14(21)10-17(18)22-11-19(25)24-20(26)23-15-7-8-30(27,28)12-15/h2-6,9-10,15,22H,7-8,11-12H2,1H3,(H2,23,24,25,26)/t15-/m1/s1. The van der Waals surface area contributed by atoms with Gasteiger partial charge in [0.25, 0.3) is 0 Å². The quantitative estimate of drug-likeness (QED) is 0.622. The fourth-order valence-electron chi connectivity index (χ4n) is 3.01. The lowest BCUT2D eigenvalue weighted by Gasteiger charge is -2.14. The number of urea groups is 1. The molecule has 1 aliphatic heterocycles. The lowest BCUT2D eigenvalue weighted by atomic mass is 10.2. The molecule has 0 aromatic heterocycles. The monoisotopic (exact) mass is 451 g/mol. The Kier molecular flexibility index (Phi) is 6.84. The van der Waals surface area contributed by atoms with Gasteiger partial charge in [0.15, 0.2) is 15.6 Å². The number of carbonyl (C=O) groups excluding carboxylic acids is 2. The van der Waals surface area contributed by atoms with Crippen molar-refractivity contribution in [2.24, 2.45) is 0 Å². The van der Waals surface area contributed by atoms with Crippen LogP contribution < -0.4 is 20.7 Å². The summed E-state index contributed by atoms with van der Waals surface area (Å²) in [5.41, 5.74) is 1.53. The zero-order valence-electron chi connectivity index (χ0n) is 16.3. The van der Waals surface area contributed by atoms with E-state index in [1.807, 2.05) is 31.2 Å². The SMILES string of the molecule is Cc1cccc(Oc2ccc(Cl)cc2NCC(=O)NC(=O)N[C@@H]2CCS(=O)(=O)C2)c1. The molecular formula is C20H22ClN3O5S. The zero-order valence-corrected chi connectivity index (χ0v) is 17.8. The second kappa shape index (κ2) is 9.36. The first kappa shape index (κ1) is 21.9. The summed E-state index contributed by atoms with van der Waals surface area (Å²) in [5, 5.41) is 8.03. The van der Waals surface area contributed by atoms with Crippen molar-refractivity contribution in [3.8, 4) is 11.5 Å². The van der Waals surface area contributed by atoms with Crippen molar-refractivity contribution in [1.29, 1.82) is 0 Å². The molecule has 3 amide bonds. The van der Waals surface area contributed by atoms with Crippen molar-refractivity contribution in [2.75, 3.05) is 23.4 Å². The Morgan fingerprint density at radius 2 is 2.00 bits per heavy atom. The summed E-state index contributed by atoms with van der Waals surface area (Å²) < 4.78 is 28.8. The number of amides is 3. The van der Waals surface area contributed by atoms with E-state index in [2.05, 4.69) is 16.0 Å². The van der Waals surface area contributed by atoms with Crippen LogP contribution in [0.15, 0.2) is 42.5 Å². The number of rotatable bonds is 6. The number of imide groups is 1. The molecular weight excluding hydrogens is 430 g/mol. The second-order valence-corrected chi connectivity index (χ2v) is 9.70. The van der Waals surface area contributed by atoms with E-state index in [0.29, 0.717) is 28.6 Å². The molecule has 8 nitrogen and oxygen atoms in total. The predicted molar refractivity (Wildman–Crippen MR) is 115 cm³/mol. The van der Waals surface area contributed by atoms with Gasteiger partial charge in [0.05, 0.1) is 23.7 Å². The Balaban J connectivity index is 1.56. The molecule has 2 aromatic rings. The number of carbonyl (C=O) groups is 2. The van der Waals surface area contributed by atoms with Crippen LogP contribution in [-0.2, 0) is 14.6 Å². The summed E-state index contributed by atoms with van der Waals surface area (Å²) in [7, 11) is -3.12. The van der Waals surface area contributed by atoms with Crippen molar-refractivity contribution in [3.63, 3.8) is 0 Å². The van der Waals surface area contributed by atoms with E-state index < -0.39 is 27.8 Å². The molecule has 0 spiro atoms. The van der Waals surface area contributed by atoms with E-state index in [0.717, 1.165) is 5.56 Å². The third-order valence-corrected chi connectivity index (χ3v) is 6.42. The fraction of sp³-hybridized carbons (Fsp3) is 0.300. The van der Waals surface area contributed by atoms with E-state index in [1.165, 1.54) is 0 Å². The number of anilines is 1. The van der Waals surface area contributed by atoms with Gasteiger partial charge in [-0.25, -0.2) is 13.2 Å². The Labute approximate surface area is 179 Å². The van der Waals surface area contributed by atoms with Crippen LogP contribution in [0, 0.1) is 6.92 Å². The minimum atomic E-state index is -3.12. The van der Waals surface area contributed by atoms with Crippen LogP contribution in [-0.4, -0.2) is 44.4 Å². The maximum atomic E-state index is 12.1. The van der Waals surface area contributed by atoms with Crippen molar-refractivity contribution in [3.05, 3.63) is 53.1 Å². The molecule has 1 heterocycles. The Morgan fingerprint density at radius 3 is 2.70 bits per heavy atom. The largest absolute Gasteiger partial charge is 0.455 e. The number of sulfone groups is 1. The first-order valence-corrected chi connectivity index (χ1v) is 11.5. The van der Waals surface area contributed by atoms with Gasteiger partial charge in [-0.15, -0.1) is 0 Å². The summed E-state index contributed by atoms with van der Waals surface area (Å²) in [6, 6.07) is 11.2. The van der Waals surface area contributed by atoms with E-state index in [1.54, 1.807) is 18.2 Å². The normalized spacial score (nSPS) is 17.2. The number of hydrogen-bond donors (Lipinski definition) is 3. The van der Waals surface area contributed by atoms with E-state index in [9.17, 15) is 18.0 Å². The Bertz CT molecular complexity index is 1060. The molecule has 1 fully saturated rings. The lowest BCUT2D eigenvalue weighted by molar-refractivity contribution is -0.118. The molecule has 1 saturated heterocycles. The molecule has 1 aliphatic rings. The first-order chi connectivity index (χ1) is 14.2. The van der Waals surface area contributed by atoms with Crippen LogP contribution in [0.2, 0.25) is 5.02 Å². The highest BCUT2D eigenvalue weighted by Gasteiger charge is 2.29. The van der Waals surface area contributed by atoms with Crippen molar-refractivity contribution in [2.45, 2.75) is 19.4 Å². The van der Waals surface area contributed by atoms with Crippen molar-refractivity contribution >= 4 is 39.1 Å². The Morgan fingerprint density at radius 1 is 1.20 bits per heavy atom. The van der Waals surface area contributed by atoms with E-state index in [4.69, 9.17) is 16.3 Å². The molecule has 3 rings (SSSR count). The van der Waals surface area contributed by atoms with Crippen LogP contribution >= 0.6 is 11.6 Å². The number of benzene rings is 2. The van der Waals surface area contributed by atoms with Crippen molar-refractivity contribution in [1.82, 2.24) is 10.6 Å². The van der Waals surface area contributed by atoms with Crippen LogP contribution in [0.25, 0.3) is 0 Å². The van der Waals surface area contributed by atoms with Gasteiger partial charge in [-0.3, -0.25) is 10.1 Å². The summed E-state index contributed by atoms with van der Waals surface area (Å²) in [6.07, 6.45) is 0.338. The topological polar surface area (TPSA) is 114 Å². The molecule has 0 aliphatic carbocycles. The third-order valence-electron chi connectivity index (χ3n) is 4.42. The minimum absolute atomic E-state index is 0.0337. The Hall–Kier alpha value is -2.78. The predicted octanol–water partition coefficient (Wildman–Crippen LogP) is 2.87. The summed E-state index contributed by atoms with van der Waals surface area (Å²) in [5.74, 6) is 0.435. The second-order valence-electron chi connectivity index (χ2n) is 7.03. The van der Waals surface area contributed by atoms with Crippen LogP contribution in [0.3, 0.4) is 0 Å². The molecule has 0 bridgehead atoms. The number of ether oxygens (including phenoxy) is 1. The number of halogens is 1. The molecule has 1 atom stereocenters. The molecule has 0 radical (unpaired) electrons. The van der Waals surface area contributed by atoms with Crippen LogP contribution in [0.1, 0.15) is 12.0 Å². The van der Waals surface area contributed by atoms with Crippen LogP contribution in [0.4, 0.5) is 10.5 Å². The van der Waals surface area contributed by atoms with E-state index >= 15 is 0 Å². The van der Waals surface area contributed by atoms with E-state index in [-0.39, 0.29) is 18.1 Å². The van der Waals surface area contributed by atoms with Gasteiger partial charge in [-0.2, -0.15) is 0 Å². The van der Waals surface area contributed by atoms with Gasteiger partial charge in [0.2, 0.25) is 5.91 Å². The molecule has 10 heteroatoms. The maximum absolute atomic E-state index is 12.1. The summed E-state index contributed by atoms with van der Waals surface area (Å²) >= 11 is 6.05. The minimum Gasteiger partial charge on any atom is -0.455 e. The molecule has 3 N–H and O–H groups in total. The van der Waals surface area contributed by atoms with Gasteiger partial charge < -0.3 is 15.4 Å². The first-order valence-electron chi connectivity index (χ1n) is 9.29. The van der Waals surface area contributed by atoms with Gasteiger partial charge in [-0.1, -0.05) is 23.7 Å². The average Bonchev–Trinajstić information content (AvgIpc) is 3.00. The zero-order chi connectivity index (χ0) is 21.7. The number of aryl methyl sites for hydroxylation is 1. The summed E-state index contributed by atoms with van der Waals surface area (Å²) in [4.78, 5) is 24.0. The molecule has 2 aromatic carbocycles. The number of nitrogens with one attached hydrogen (secondary N) is 3. The molecule has 0 unspecified atom stereocenters. The van der Waals surface area contributed by atoms with Gasteiger partial charge in [-0.05, 0) is 49.2 Å². The third kappa shape index (κ3) is 6.36. The smallest absolute Gasteiger partial charge is 0.321 e. The van der Waals surface area contributed by atoms with Gasteiger partial charge in [0, 0.05) is 11.1 Å². The molecule has 160 valence electrons. The van der Waals surface area contributed by atoms with Gasteiger partial charge in [0.1, 0.15) is 5.75 Å². The van der Waals surface area contributed by atoms with Crippen LogP contribution in [0.5, 0.6) is 11.5 Å². The molecule has 0 saturated carbocycles. The number of hydrogen-bond acceptors (Lipinski definition) is 6. The average molecular weight is 452 g/mol. The van der Waals surface area contributed by atoms with Crippen molar-refractivity contribution < 1.29 is 22.7 Å². The maximum Gasteiger partial charge on any atom is 0.321 e. The summed E-state index contributed by atoms with van der Waals surface area (Å²) in [6.45, 7) is 1.74. The fourth-order valence-corrected chi connectivity index (χ4v) is 4.86. The van der Waals surface area contributed by atoms with Gasteiger partial charge >= 0.3 is 6.03 Å². The highest BCUT2D eigenvalue weighted by atomic mass is 35.5. The highest BCUT2D eigenvalue weighted by molar-refractivity contribution is 7.91. The molecule has 30 heavy (non-hydrogen) atoms. The highest BCUT2D eigenvalue weighted by Crippen LogP contribution is 2.32. The lowest BCUT2D eigenvalue weighted by Crippen LogP contribution is -2.46.